The first kappa shape index (κ1) is 50.7. The van der Waals surface area contributed by atoms with Gasteiger partial charge in [-0.3, -0.25) is 19.0 Å². The number of H-pyrrole nitrogens is 1. The minimum Gasteiger partial charge on any atom is -1.00 e. The summed E-state index contributed by atoms with van der Waals surface area (Å²) in [5.41, 5.74) is 16.9. The number of carbonyl (C=O) groups excluding carboxylic acids is 4. The average Bonchev–Trinajstić information content (AvgIpc) is 4.09. The van der Waals surface area contributed by atoms with Crippen molar-refractivity contribution in [2.24, 2.45) is 11.5 Å². The number of hydrogen-bond acceptors (Lipinski definition) is 10. The molecule has 0 atom stereocenters. The number of imidazole rings is 2. The number of benzene rings is 4. The largest absolute Gasteiger partial charge is 1.00 e. The number of piperidine rings is 2. The van der Waals surface area contributed by atoms with Crippen LogP contribution in [0.2, 0.25) is 0 Å². The van der Waals surface area contributed by atoms with Crippen LogP contribution in [-0.2, 0) is 0 Å². The molecule has 0 saturated carbocycles. The Labute approximate surface area is 413 Å². The molecule has 0 radical (unpaired) electrons. The quantitative estimate of drug-likeness (QED) is 0.100. The zero-order valence-electron chi connectivity index (χ0n) is 39.0. The Kier molecular flexibility index (Phi) is 18.6. The van der Waals surface area contributed by atoms with Gasteiger partial charge >= 0.3 is 41.0 Å². The SMILES string of the molecule is COc1ccc(N2CCC(N(C)C(=O)Cl)CC2)cc1.COc1ccc(N2CCC(N(C)C(=O)n3cnc(-c4cccc(C(N)=O)c4)c3)CC2)cc1.NC(=O)c1cccc(-c2cnc[nH]2)c1.[H-].[Na+]. The fraction of sp³-hybridized carbons (Fsp3) is 0.292. The van der Waals surface area contributed by atoms with Gasteiger partial charge in [0, 0.05) is 92.2 Å². The van der Waals surface area contributed by atoms with Crippen molar-refractivity contribution in [1.82, 2.24) is 29.3 Å². The van der Waals surface area contributed by atoms with Gasteiger partial charge in [-0.2, -0.15) is 0 Å². The Morgan fingerprint density at radius 3 is 1.62 bits per heavy atom. The number of nitrogens with zero attached hydrogens (tertiary/aromatic N) is 7. The summed E-state index contributed by atoms with van der Waals surface area (Å²) in [6.07, 6.45) is 10.1. The number of nitrogens with two attached hydrogens (primary N) is 2. The molecule has 16 nitrogen and oxygen atoms in total. The molecule has 2 fully saturated rings. The minimum absolute atomic E-state index is 0. The van der Waals surface area contributed by atoms with Crippen LogP contribution in [-0.4, -0.2) is 119 Å². The van der Waals surface area contributed by atoms with Gasteiger partial charge in [-0.15, -0.1) is 0 Å². The van der Waals surface area contributed by atoms with Gasteiger partial charge in [0.25, 0.3) is 0 Å². The Hall–Kier alpha value is -6.33. The van der Waals surface area contributed by atoms with Crippen LogP contribution in [0.1, 0.15) is 47.8 Å². The molecule has 342 valence electrons. The zero-order valence-corrected chi connectivity index (χ0v) is 40.7. The third-order valence-electron chi connectivity index (χ3n) is 11.7. The molecule has 4 aromatic carbocycles. The van der Waals surface area contributed by atoms with Gasteiger partial charge in [-0.25, -0.2) is 14.8 Å². The molecule has 2 saturated heterocycles. The maximum Gasteiger partial charge on any atom is 1.00 e. The molecule has 2 aliphatic heterocycles. The third kappa shape index (κ3) is 13.4. The summed E-state index contributed by atoms with van der Waals surface area (Å²) in [5, 5.41) is -0.372. The zero-order chi connectivity index (χ0) is 46.5. The molecular weight excluding hydrogens is 871 g/mol. The number of methoxy groups -OCH3 is 2. The van der Waals surface area contributed by atoms with Crippen LogP contribution in [0.25, 0.3) is 22.5 Å². The van der Waals surface area contributed by atoms with E-state index < -0.39 is 11.8 Å². The number of ether oxygens (including phenoxy) is 2. The van der Waals surface area contributed by atoms with Crippen LogP contribution >= 0.6 is 11.6 Å². The van der Waals surface area contributed by atoms with E-state index in [0.717, 1.165) is 85.9 Å². The van der Waals surface area contributed by atoms with Gasteiger partial charge < -0.3 is 47.0 Å². The summed E-state index contributed by atoms with van der Waals surface area (Å²) in [7, 11) is 6.93. The molecule has 0 unspecified atom stereocenters. The summed E-state index contributed by atoms with van der Waals surface area (Å²) in [6.45, 7) is 3.63. The van der Waals surface area contributed by atoms with E-state index in [1.54, 1.807) is 86.2 Å². The van der Waals surface area contributed by atoms with Crippen molar-refractivity contribution in [1.29, 1.82) is 0 Å². The van der Waals surface area contributed by atoms with Crippen molar-refractivity contribution in [3.05, 3.63) is 133 Å². The maximum atomic E-state index is 13.0. The molecule has 66 heavy (non-hydrogen) atoms. The molecule has 0 spiro atoms. The predicted octanol–water partition coefficient (Wildman–Crippen LogP) is 4.47. The van der Waals surface area contributed by atoms with E-state index in [1.165, 1.54) is 16.6 Å². The standard InChI is InChI=1S/C24H27N5O3.C14H19ClN2O2.C10H9N3O.Na.H/c1-27(19-10-12-28(13-11-19)20-6-8-21(32-2)9-7-20)24(31)29-15-22(26-16-29)17-4-3-5-18(14-17)23(25)30;1-16(14(15)18)11-7-9-17(10-8-11)12-3-5-13(19-2)6-4-12;11-10(14)8-3-1-2-7(4-8)9-5-12-6-13-9;;/h3-9,14-16,19H,10-13H2,1-2H3,(H2,25,30);3-6,11H,7-10H2,1-2H3;1-6H,(H2,11,14)(H,12,13);;/q;;;+1;-1. The Morgan fingerprint density at radius 2 is 1.18 bits per heavy atom. The number of aromatic nitrogens is 4. The van der Waals surface area contributed by atoms with Crippen LogP contribution in [0.5, 0.6) is 11.5 Å². The molecular formula is C48H56ClN10NaO6. The number of rotatable bonds is 10. The first-order chi connectivity index (χ1) is 31.3. The van der Waals surface area contributed by atoms with Crippen LogP contribution in [0, 0.1) is 0 Å². The van der Waals surface area contributed by atoms with Crippen LogP contribution in [0.4, 0.5) is 21.0 Å². The first-order valence-electron chi connectivity index (χ1n) is 21.2. The van der Waals surface area contributed by atoms with Gasteiger partial charge in [-0.1, -0.05) is 24.3 Å². The Balaban J connectivity index is 0.000000238. The molecule has 6 aromatic rings. The maximum absolute atomic E-state index is 13.0. The van der Waals surface area contributed by atoms with Crippen molar-refractivity contribution < 1.29 is 59.6 Å². The summed E-state index contributed by atoms with van der Waals surface area (Å²) >= 11 is 5.51. The Bertz CT molecular complexity index is 2510. The van der Waals surface area contributed by atoms with Crippen molar-refractivity contribution >= 4 is 46.2 Å². The van der Waals surface area contributed by atoms with Gasteiger partial charge in [0.2, 0.25) is 11.8 Å². The minimum atomic E-state index is -0.497. The number of halogens is 1. The fourth-order valence-corrected chi connectivity index (χ4v) is 7.89. The van der Waals surface area contributed by atoms with Crippen molar-refractivity contribution in [2.75, 3.05) is 64.3 Å². The molecule has 2 aromatic heterocycles. The Morgan fingerprint density at radius 1 is 0.712 bits per heavy atom. The number of nitrogens with one attached hydrogen (secondary N) is 1. The summed E-state index contributed by atoms with van der Waals surface area (Å²) in [5.74, 6) is 0.788. The van der Waals surface area contributed by atoms with Gasteiger partial charge in [0.05, 0.1) is 38.1 Å². The van der Waals surface area contributed by atoms with Crippen molar-refractivity contribution in [3.8, 4) is 34.0 Å². The van der Waals surface area contributed by atoms with E-state index in [1.807, 2.05) is 43.4 Å². The number of carbonyl (C=O) groups is 4. The molecule has 5 N–H and O–H groups in total. The second-order valence-corrected chi connectivity index (χ2v) is 15.9. The van der Waals surface area contributed by atoms with E-state index >= 15 is 0 Å². The molecule has 8 rings (SSSR count). The summed E-state index contributed by atoms with van der Waals surface area (Å²) < 4.78 is 11.9. The molecule has 2 aliphatic rings. The summed E-state index contributed by atoms with van der Waals surface area (Å²) in [4.78, 5) is 65.8. The van der Waals surface area contributed by atoms with E-state index in [2.05, 4.69) is 49.0 Å². The smallest absolute Gasteiger partial charge is 1.00 e. The second kappa shape index (κ2) is 24.3. The topological polar surface area (TPSA) is 198 Å². The normalized spacial score (nSPS) is 13.7. The second-order valence-electron chi connectivity index (χ2n) is 15.6. The predicted molar refractivity (Wildman–Crippen MR) is 254 cm³/mol. The number of hydrogen-bond donors (Lipinski definition) is 3. The molecule has 0 aliphatic carbocycles. The van der Waals surface area contributed by atoms with Crippen molar-refractivity contribution in [3.63, 3.8) is 0 Å². The van der Waals surface area contributed by atoms with E-state index in [9.17, 15) is 19.2 Å². The molecule has 4 amide bonds. The van der Waals surface area contributed by atoms with E-state index in [4.69, 9.17) is 32.5 Å². The molecule has 0 bridgehead atoms. The molecule has 18 heteroatoms. The van der Waals surface area contributed by atoms with E-state index in [-0.39, 0.29) is 54.5 Å². The van der Waals surface area contributed by atoms with Gasteiger partial charge in [-0.05, 0) is 110 Å². The number of aromatic amines is 1. The fourth-order valence-electron chi connectivity index (χ4n) is 7.75. The van der Waals surface area contributed by atoms with Crippen molar-refractivity contribution in [2.45, 2.75) is 37.8 Å². The first-order valence-corrected chi connectivity index (χ1v) is 21.5. The van der Waals surface area contributed by atoms with E-state index in [0.29, 0.717) is 16.8 Å². The number of primary amides is 2. The van der Waals surface area contributed by atoms with Gasteiger partial charge in [0.15, 0.2) is 0 Å². The van der Waals surface area contributed by atoms with Gasteiger partial charge in [0.1, 0.15) is 17.8 Å². The number of amides is 4. The van der Waals surface area contributed by atoms with Crippen LogP contribution in [0.15, 0.2) is 122 Å². The number of anilines is 2. The van der Waals surface area contributed by atoms with Crippen LogP contribution < -0.4 is 60.3 Å². The monoisotopic (exact) mass is 926 g/mol. The van der Waals surface area contributed by atoms with Crippen LogP contribution in [0.3, 0.4) is 0 Å². The summed E-state index contributed by atoms with van der Waals surface area (Å²) in [6, 6.07) is 30.4. The third-order valence-corrected chi connectivity index (χ3v) is 11.9. The average molecular weight is 927 g/mol. The molecule has 4 heterocycles.